The van der Waals surface area contributed by atoms with E-state index in [1.165, 1.54) is 6.07 Å². The Balaban J connectivity index is 1.37. The molecular formula is C28H29ClF2N6O. The molecule has 0 amide bonds. The van der Waals surface area contributed by atoms with Crippen LogP contribution in [-0.2, 0) is 0 Å². The van der Waals surface area contributed by atoms with Crippen LogP contribution in [0.4, 0.5) is 14.6 Å². The van der Waals surface area contributed by atoms with E-state index in [1.54, 1.807) is 24.4 Å². The highest BCUT2D eigenvalue weighted by atomic mass is 35.5. The molecule has 2 N–H and O–H groups in total. The van der Waals surface area contributed by atoms with Crippen molar-refractivity contribution in [2.45, 2.75) is 43.8 Å². The molecule has 38 heavy (non-hydrogen) atoms. The maximum atomic E-state index is 16.3. The van der Waals surface area contributed by atoms with Crippen LogP contribution in [0.3, 0.4) is 0 Å². The topological polar surface area (TPSA) is 69.3 Å². The van der Waals surface area contributed by atoms with Gasteiger partial charge in [0, 0.05) is 53.7 Å². The summed E-state index contributed by atoms with van der Waals surface area (Å²) in [4.78, 5) is 16.7. The van der Waals surface area contributed by atoms with E-state index in [9.17, 15) is 0 Å². The van der Waals surface area contributed by atoms with Crippen molar-refractivity contribution >= 4 is 39.2 Å². The number of aromatic nitrogens is 3. The Bertz CT molecular complexity index is 1530. The van der Waals surface area contributed by atoms with E-state index >= 15 is 8.78 Å². The molecule has 0 saturated carbocycles. The quantitative estimate of drug-likeness (QED) is 0.367. The second-order valence-electron chi connectivity index (χ2n) is 10.8. The minimum atomic E-state index is -0.731. The third-order valence-corrected chi connectivity index (χ3v) is 8.68. The lowest BCUT2D eigenvalue weighted by Crippen LogP contribution is -2.51. The zero-order chi connectivity index (χ0) is 26.0. The molecule has 3 saturated heterocycles. The van der Waals surface area contributed by atoms with Gasteiger partial charge in [0.05, 0.1) is 16.1 Å². The van der Waals surface area contributed by atoms with Gasteiger partial charge in [0.25, 0.3) is 0 Å². The molecule has 3 aliphatic heterocycles. The summed E-state index contributed by atoms with van der Waals surface area (Å²) in [5, 5.41) is 5.09. The van der Waals surface area contributed by atoms with Crippen LogP contribution in [0.25, 0.3) is 32.9 Å². The summed E-state index contributed by atoms with van der Waals surface area (Å²) in [6.45, 7) is 2.89. The number of anilines is 1. The average molecular weight is 539 g/mol. The first-order valence-corrected chi connectivity index (χ1v) is 13.6. The highest BCUT2D eigenvalue weighted by Gasteiger charge is 2.34. The third-order valence-electron chi connectivity index (χ3n) is 8.37. The fraction of sp³-hybridized carbons (Fsp3) is 0.429. The predicted octanol–water partition coefficient (Wildman–Crippen LogP) is 5.12. The summed E-state index contributed by atoms with van der Waals surface area (Å²) in [6.07, 6.45) is 5.90. The number of likely N-dealkylation sites (tertiary alicyclic amines) is 1. The maximum absolute atomic E-state index is 16.3. The molecule has 2 aromatic carbocycles. The molecule has 7 rings (SSSR count). The molecule has 0 radical (unpaired) electrons. The number of rotatable bonds is 5. The zero-order valence-electron chi connectivity index (χ0n) is 21.1. The Morgan fingerprint density at radius 2 is 1.92 bits per heavy atom. The van der Waals surface area contributed by atoms with Crippen LogP contribution in [0.15, 0.2) is 30.5 Å². The number of piperazine rings is 1. The summed E-state index contributed by atoms with van der Waals surface area (Å²) < 4.78 is 38.2. The fourth-order valence-corrected chi connectivity index (χ4v) is 6.60. The Hall–Kier alpha value is -3.01. The van der Waals surface area contributed by atoms with Crippen LogP contribution in [0.2, 0.25) is 5.02 Å². The number of hydrogen-bond donors (Lipinski definition) is 2. The summed E-state index contributed by atoms with van der Waals surface area (Å²) >= 11 is 6.32. The number of fused-ring (bicyclic) bond motifs is 4. The molecule has 198 valence electrons. The van der Waals surface area contributed by atoms with Gasteiger partial charge in [-0.05, 0) is 51.4 Å². The monoisotopic (exact) mass is 538 g/mol. The van der Waals surface area contributed by atoms with Gasteiger partial charge in [0.15, 0.2) is 5.82 Å². The Morgan fingerprint density at radius 3 is 2.68 bits per heavy atom. The van der Waals surface area contributed by atoms with Crippen molar-refractivity contribution in [2.75, 3.05) is 38.2 Å². The Kier molecular flexibility index (Phi) is 5.90. The zero-order valence-corrected chi connectivity index (χ0v) is 21.9. The molecule has 3 aliphatic rings. The second-order valence-corrected chi connectivity index (χ2v) is 11.2. The highest BCUT2D eigenvalue weighted by Crippen LogP contribution is 2.40. The molecule has 5 heterocycles. The predicted molar refractivity (Wildman–Crippen MR) is 145 cm³/mol. The van der Waals surface area contributed by atoms with E-state index < -0.39 is 11.6 Å². The minimum absolute atomic E-state index is 0.0587. The first-order chi connectivity index (χ1) is 18.5. The van der Waals surface area contributed by atoms with E-state index in [0.29, 0.717) is 51.4 Å². The van der Waals surface area contributed by atoms with Gasteiger partial charge in [0.1, 0.15) is 23.8 Å². The van der Waals surface area contributed by atoms with Gasteiger partial charge in [-0.3, -0.25) is 0 Å². The van der Waals surface area contributed by atoms with E-state index in [-0.39, 0.29) is 23.1 Å². The summed E-state index contributed by atoms with van der Waals surface area (Å²) in [7, 11) is 2.08. The molecule has 2 aromatic heterocycles. The highest BCUT2D eigenvalue weighted by molar-refractivity contribution is 6.35. The molecule has 0 unspecified atom stereocenters. The van der Waals surface area contributed by atoms with Crippen LogP contribution in [0.1, 0.15) is 25.7 Å². The van der Waals surface area contributed by atoms with E-state index in [4.69, 9.17) is 21.3 Å². The number of hydrogen-bond acceptors (Lipinski definition) is 6. The van der Waals surface area contributed by atoms with Crippen molar-refractivity contribution < 1.29 is 13.5 Å². The molecule has 3 fully saturated rings. The number of halogens is 3. The Labute approximate surface area is 224 Å². The molecule has 4 aromatic rings. The van der Waals surface area contributed by atoms with Gasteiger partial charge in [-0.25, -0.2) is 8.78 Å². The van der Waals surface area contributed by atoms with Crippen molar-refractivity contribution in [2.24, 2.45) is 0 Å². The van der Waals surface area contributed by atoms with Crippen LogP contribution in [0.5, 0.6) is 6.01 Å². The van der Waals surface area contributed by atoms with Crippen LogP contribution in [-0.4, -0.2) is 71.3 Å². The molecule has 10 heteroatoms. The van der Waals surface area contributed by atoms with Crippen molar-refractivity contribution in [3.63, 3.8) is 0 Å². The standard InChI is InChI=1S/C28H29ClF2N6O/c1-36-9-3-4-17(36)14-38-28-34-26-19(27(35-28)37-12-15-7-8-16(13-37)33-15)10-22(30)23(24(26)31)20-11-32-25-18(20)5-2-6-21(25)29/h2,5-6,10-11,15-17,32-33H,3-4,7-9,12-14H2,1H3/t15-,16+,17-/m0/s1. The maximum Gasteiger partial charge on any atom is 0.319 e. The largest absolute Gasteiger partial charge is 0.462 e. The first kappa shape index (κ1) is 24.1. The van der Waals surface area contributed by atoms with Gasteiger partial charge in [-0.2, -0.15) is 9.97 Å². The fourth-order valence-electron chi connectivity index (χ4n) is 6.37. The summed E-state index contributed by atoms with van der Waals surface area (Å²) in [5.74, 6) is -0.875. The first-order valence-electron chi connectivity index (χ1n) is 13.3. The number of aromatic amines is 1. The van der Waals surface area contributed by atoms with Gasteiger partial charge >= 0.3 is 6.01 Å². The average Bonchev–Trinajstić information content (AvgIpc) is 3.61. The van der Waals surface area contributed by atoms with Gasteiger partial charge in [-0.15, -0.1) is 0 Å². The molecule has 0 spiro atoms. The number of H-pyrrole nitrogens is 1. The lowest BCUT2D eigenvalue weighted by atomic mass is 10.0. The number of benzene rings is 2. The van der Waals surface area contributed by atoms with Crippen LogP contribution in [0, 0.1) is 11.6 Å². The van der Waals surface area contributed by atoms with Crippen molar-refractivity contribution in [3.8, 4) is 17.1 Å². The molecular weight excluding hydrogens is 510 g/mol. The molecule has 3 atom stereocenters. The number of nitrogens with zero attached hydrogens (tertiary/aromatic N) is 4. The minimum Gasteiger partial charge on any atom is -0.462 e. The third kappa shape index (κ3) is 3.99. The lowest BCUT2D eigenvalue weighted by Gasteiger charge is -2.34. The van der Waals surface area contributed by atoms with Crippen molar-refractivity contribution in [3.05, 3.63) is 47.1 Å². The van der Waals surface area contributed by atoms with E-state index in [1.807, 2.05) is 0 Å². The van der Waals surface area contributed by atoms with Crippen molar-refractivity contribution in [1.82, 2.24) is 25.2 Å². The molecule has 7 nitrogen and oxygen atoms in total. The Morgan fingerprint density at radius 1 is 1.11 bits per heavy atom. The van der Waals surface area contributed by atoms with Gasteiger partial charge in [-0.1, -0.05) is 23.7 Å². The number of likely N-dealkylation sites (N-methyl/N-ethyl adjacent to an activating group) is 1. The van der Waals surface area contributed by atoms with Crippen LogP contribution < -0.4 is 15.0 Å². The SMILES string of the molecule is CN1CCC[C@H]1COc1nc(N2C[C@H]3CC[C@@H](C2)N3)c2cc(F)c(-c3c[nH]c4c(Cl)cccc34)c(F)c2n1. The summed E-state index contributed by atoms with van der Waals surface area (Å²) in [6, 6.07) is 7.72. The number of ether oxygens (including phenoxy) is 1. The van der Waals surface area contributed by atoms with Gasteiger partial charge < -0.3 is 24.8 Å². The van der Waals surface area contributed by atoms with E-state index in [0.717, 1.165) is 45.3 Å². The lowest BCUT2D eigenvalue weighted by molar-refractivity contribution is 0.188. The number of para-hydroxylation sites is 1. The number of nitrogens with one attached hydrogen (secondary N) is 2. The van der Waals surface area contributed by atoms with Crippen LogP contribution >= 0.6 is 11.6 Å². The van der Waals surface area contributed by atoms with Crippen molar-refractivity contribution in [1.29, 1.82) is 0 Å². The molecule has 2 bridgehead atoms. The molecule has 0 aliphatic carbocycles. The van der Waals surface area contributed by atoms with E-state index in [2.05, 4.69) is 32.1 Å². The van der Waals surface area contributed by atoms with Gasteiger partial charge in [0.2, 0.25) is 0 Å². The summed E-state index contributed by atoms with van der Waals surface area (Å²) in [5.41, 5.74) is 0.947. The smallest absolute Gasteiger partial charge is 0.319 e. The normalized spacial score (nSPS) is 23.7. The second kappa shape index (κ2) is 9.32.